The van der Waals surface area contributed by atoms with E-state index in [9.17, 15) is 24.6 Å². The topological polar surface area (TPSA) is 166 Å². The monoisotopic (exact) mass is 449 g/mol. The van der Waals surface area contributed by atoms with Crippen molar-refractivity contribution >= 4 is 31.5 Å². The summed E-state index contributed by atoms with van der Waals surface area (Å²) in [6.45, 7) is 2.98. The molecule has 11 nitrogen and oxygen atoms in total. The van der Waals surface area contributed by atoms with Gasteiger partial charge in [-0.25, -0.2) is 4.79 Å². The molecule has 4 atom stereocenters. The van der Waals surface area contributed by atoms with Gasteiger partial charge in [0.25, 0.3) is 0 Å². The van der Waals surface area contributed by atoms with E-state index < -0.39 is 42.3 Å². The molecule has 2 radical (unpaired) electrons. The Hall–Kier alpha value is -2.67. The van der Waals surface area contributed by atoms with E-state index in [2.05, 4.69) is 15.9 Å². The fraction of sp³-hybridized carbons (Fsp3) is 0.550. The van der Waals surface area contributed by atoms with Gasteiger partial charge in [0.05, 0.1) is 31.0 Å². The highest BCUT2D eigenvalue weighted by atomic mass is 16.7. The number of rotatable bonds is 10. The van der Waals surface area contributed by atoms with Crippen LogP contribution < -0.4 is 20.6 Å². The quantitative estimate of drug-likeness (QED) is 0.252. The number of aliphatic hydroxyl groups is 2. The second-order valence-corrected chi connectivity index (χ2v) is 7.78. The van der Waals surface area contributed by atoms with Gasteiger partial charge in [-0.05, 0) is 23.6 Å². The minimum atomic E-state index is -1.23. The molecule has 1 saturated heterocycles. The maximum atomic E-state index is 12.4. The highest BCUT2D eigenvalue weighted by Gasteiger charge is 2.34. The molecule has 174 valence electrons. The lowest BCUT2D eigenvalue weighted by Gasteiger charge is -2.31. The fourth-order valence-electron chi connectivity index (χ4n) is 3.14. The van der Waals surface area contributed by atoms with Crippen molar-refractivity contribution in [1.29, 1.82) is 0 Å². The Kier molecular flexibility index (Phi) is 9.45. The molecule has 0 spiro atoms. The van der Waals surface area contributed by atoms with E-state index in [1.165, 1.54) is 12.1 Å². The summed E-state index contributed by atoms with van der Waals surface area (Å²) in [4.78, 5) is 35.7. The Morgan fingerprint density at radius 1 is 1.28 bits per heavy atom. The van der Waals surface area contributed by atoms with Gasteiger partial charge in [-0.1, -0.05) is 19.9 Å². The number of hydrogen-bond donors (Lipinski definition) is 6. The third-order valence-electron chi connectivity index (χ3n) is 4.86. The molecule has 2 rings (SSSR count). The van der Waals surface area contributed by atoms with Crippen molar-refractivity contribution in [2.24, 2.45) is 5.92 Å². The molecule has 6 N–H and O–H groups in total. The van der Waals surface area contributed by atoms with E-state index >= 15 is 0 Å². The van der Waals surface area contributed by atoms with Crippen LogP contribution in [-0.4, -0.2) is 72.2 Å². The summed E-state index contributed by atoms with van der Waals surface area (Å²) in [6, 6.07) is 3.85. The molecule has 1 aliphatic heterocycles. The molecule has 1 aliphatic rings. The van der Waals surface area contributed by atoms with Gasteiger partial charge in [0.2, 0.25) is 18.1 Å². The number of aliphatic hydroxyl groups excluding tert-OH is 2. The van der Waals surface area contributed by atoms with E-state index in [0.717, 1.165) is 0 Å². The second-order valence-electron chi connectivity index (χ2n) is 7.78. The van der Waals surface area contributed by atoms with Crippen molar-refractivity contribution in [2.45, 2.75) is 57.8 Å². The number of anilines is 1. The van der Waals surface area contributed by atoms with E-state index in [4.69, 9.17) is 22.6 Å². The molecule has 1 fully saturated rings. The largest absolute Gasteiger partial charge is 0.479 e. The summed E-state index contributed by atoms with van der Waals surface area (Å²) in [5.74, 6) is -2.18. The first-order valence-electron chi connectivity index (χ1n) is 10.1. The van der Waals surface area contributed by atoms with Gasteiger partial charge in [-0.2, -0.15) is 0 Å². The number of carbonyl (C=O) groups excluding carboxylic acids is 2. The zero-order chi connectivity index (χ0) is 23.8. The van der Waals surface area contributed by atoms with Crippen LogP contribution in [0.15, 0.2) is 18.2 Å². The molecule has 0 saturated carbocycles. The molecule has 1 heterocycles. The zero-order valence-corrected chi connectivity index (χ0v) is 17.9. The lowest BCUT2D eigenvalue weighted by molar-refractivity contribution is -0.195. The summed E-state index contributed by atoms with van der Waals surface area (Å²) in [7, 11) is 5.36. The van der Waals surface area contributed by atoms with Crippen LogP contribution in [0.2, 0.25) is 0 Å². The molecule has 12 heteroatoms. The molecule has 32 heavy (non-hydrogen) atoms. The lowest BCUT2D eigenvalue weighted by Crippen LogP contribution is -2.48. The van der Waals surface area contributed by atoms with Crippen molar-refractivity contribution < 1.29 is 39.2 Å². The smallest absolute Gasteiger partial charge is 0.333 e. The number of ether oxygens (including phenoxy) is 2. The summed E-state index contributed by atoms with van der Waals surface area (Å²) >= 11 is 0. The highest BCUT2D eigenvalue weighted by molar-refractivity contribution is 6.07. The van der Waals surface area contributed by atoms with Gasteiger partial charge in [0, 0.05) is 12.8 Å². The number of amides is 2. The summed E-state index contributed by atoms with van der Waals surface area (Å²) < 4.78 is 11.1. The van der Waals surface area contributed by atoms with E-state index in [1.54, 1.807) is 19.9 Å². The minimum Gasteiger partial charge on any atom is -0.479 e. The maximum absolute atomic E-state index is 12.4. The Morgan fingerprint density at radius 3 is 2.59 bits per heavy atom. The average Bonchev–Trinajstić information content (AvgIpc) is 2.73. The summed E-state index contributed by atoms with van der Waals surface area (Å²) in [5, 5.41) is 36.0. The van der Waals surface area contributed by atoms with Gasteiger partial charge in [0.1, 0.15) is 5.75 Å². The number of carboxylic acids is 1. The molecule has 1 aromatic carbocycles. The second kappa shape index (κ2) is 11.8. The van der Waals surface area contributed by atoms with Gasteiger partial charge in [-0.15, -0.1) is 0 Å². The Morgan fingerprint density at radius 2 is 2.00 bits per heavy atom. The van der Waals surface area contributed by atoms with Gasteiger partial charge in [0.15, 0.2) is 14.1 Å². The molecule has 0 aliphatic carbocycles. The van der Waals surface area contributed by atoms with E-state index in [1.807, 2.05) is 0 Å². The van der Waals surface area contributed by atoms with Crippen LogP contribution in [0.5, 0.6) is 5.75 Å². The first kappa shape index (κ1) is 25.6. The Balaban J connectivity index is 2.08. The molecule has 1 aromatic rings. The summed E-state index contributed by atoms with van der Waals surface area (Å²) in [5.41, 5.74) is 0.695. The maximum Gasteiger partial charge on any atom is 0.333 e. The van der Waals surface area contributed by atoms with Gasteiger partial charge < -0.3 is 40.7 Å². The van der Waals surface area contributed by atoms with E-state index in [0.29, 0.717) is 5.56 Å². The van der Waals surface area contributed by atoms with Crippen LogP contribution in [0.25, 0.3) is 0 Å². The number of carboxylic acid groups (broad SMARTS) is 1. The molecule has 0 bridgehead atoms. The van der Waals surface area contributed by atoms with Gasteiger partial charge in [-0.3, -0.25) is 9.59 Å². The fourth-order valence-corrected chi connectivity index (χ4v) is 3.14. The first-order chi connectivity index (χ1) is 15.1. The average molecular weight is 449 g/mol. The molecule has 0 aromatic heterocycles. The third kappa shape index (κ3) is 7.19. The number of benzene rings is 1. The number of nitrogens with one attached hydrogen (secondary N) is 3. The van der Waals surface area contributed by atoms with Crippen LogP contribution in [-0.2, 0) is 25.7 Å². The van der Waals surface area contributed by atoms with Crippen LogP contribution in [0.3, 0.4) is 0 Å². The predicted molar refractivity (Wildman–Crippen MR) is 114 cm³/mol. The third-order valence-corrected chi connectivity index (χ3v) is 4.86. The molecular formula is C20H28BN3O8. The number of carbonyl (C=O) groups is 3. The van der Waals surface area contributed by atoms with Crippen LogP contribution in [0, 0.1) is 5.92 Å². The van der Waals surface area contributed by atoms with Crippen molar-refractivity contribution in [3.05, 3.63) is 23.8 Å². The van der Waals surface area contributed by atoms with Crippen molar-refractivity contribution in [3.63, 3.8) is 0 Å². The zero-order valence-electron chi connectivity index (χ0n) is 17.9. The molecule has 2 amide bonds. The Bertz CT molecular complexity index is 822. The predicted octanol–water partition coefficient (Wildman–Crippen LogP) is -0.739. The standard InChI is InChI=1S/C20H28BN3O8/c1-10(2)18(24-21)19(28)22-8-16(27)23-13-4-3-11(9-25)5-14(13)31-17-7-12(26)6-15(32-17)20(29)30/h3-5,10,12,15,17-18,24-26H,6-9H2,1-2H3,(H,22,28)(H,23,27)(H,29,30). The lowest BCUT2D eigenvalue weighted by atomic mass is 10.0. The summed E-state index contributed by atoms with van der Waals surface area (Å²) in [6.07, 6.45) is -3.28. The van der Waals surface area contributed by atoms with Crippen molar-refractivity contribution in [1.82, 2.24) is 10.5 Å². The van der Waals surface area contributed by atoms with Gasteiger partial charge >= 0.3 is 5.97 Å². The van der Waals surface area contributed by atoms with Crippen LogP contribution >= 0.6 is 0 Å². The first-order valence-corrected chi connectivity index (χ1v) is 10.1. The molecular weight excluding hydrogens is 421 g/mol. The Labute approximate surface area is 186 Å². The number of hydrogen-bond acceptors (Lipinski definition) is 8. The van der Waals surface area contributed by atoms with Crippen molar-refractivity contribution in [2.75, 3.05) is 11.9 Å². The SMILES string of the molecule is [B]NC(C(=O)NCC(=O)Nc1ccc(CO)cc1OC1CC(O)CC(C(=O)O)O1)C(C)C. The van der Waals surface area contributed by atoms with Crippen molar-refractivity contribution in [3.8, 4) is 5.75 Å². The molecule has 4 unspecified atom stereocenters. The van der Waals surface area contributed by atoms with Crippen LogP contribution in [0.4, 0.5) is 5.69 Å². The number of aliphatic carboxylic acids is 1. The van der Waals surface area contributed by atoms with Crippen LogP contribution in [0.1, 0.15) is 32.3 Å². The minimum absolute atomic E-state index is 0.0270. The highest BCUT2D eigenvalue weighted by Crippen LogP contribution is 2.30. The normalized spacial score (nSPS) is 21.6. The van der Waals surface area contributed by atoms with E-state index in [-0.39, 0.29) is 43.3 Å².